The zero-order chi connectivity index (χ0) is 29.4. The van der Waals surface area contributed by atoms with Gasteiger partial charge in [-0.3, -0.25) is 14.4 Å². The van der Waals surface area contributed by atoms with Crippen molar-refractivity contribution in [2.24, 2.45) is 11.8 Å². The van der Waals surface area contributed by atoms with Crippen LogP contribution in [0.1, 0.15) is 65.2 Å². The molecule has 1 aromatic rings. The lowest BCUT2D eigenvalue weighted by Crippen LogP contribution is -2.60. The summed E-state index contributed by atoms with van der Waals surface area (Å²) in [5.41, 5.74) is -1.24. The first-order chi connectivity index (χ1) is 19.8. The van der Waals surface area contributed by atoms with Gasteiger partial charge in [-0.2, -0.15) is 0 Å². The molecule has 0 radical (unpaired) electrons. The molecule has 4 aliphatic rings. The second-order valence-electron chi connectivity index (χ2n) is 12.3. The number of carbonyl (C=O) groups is 3. The molecule has 222 valence electrons. The number of hydrogen-bond donors (Lipinski definition) is 1. The van der Waals surface area contributed by atoms with Gasteiger partial charge in [0.15, 0.2) is 0 Å². The maximum Gasteiger partial charge on any atom is 0.248 e. The monoisotopic (exact) mass is 563 g/mol. The second kappa shape index (κ2) is 11.7. The molecule has 5 rings (SSSR count). The Bertz CT molecular complexity index is 1170. The van der Waals surface area contributed by atoms with Crippen molar-refractivity contribution in [3.63, 3.8) is 0 Å². The van der Waals surface area contributed by atoms with E-state index in [9.17, 15) is 19.5 Å². The SMILES string of the molecule is C=CCN(C(=O)[C@@H]1[C@H]2C(=O)N([C@H](C)CO)C(C(=O)N(CC=C)C3CCCCC3)C23CC[C@@]1(CC)O3)c1ccccc1. The number of carbonyl (C=O) groups excluding carboxylic acids is 3. The predicted octanol–water partition coefficient (Wildman–Crippen LogP) is 4.09. The van der Waals surface area contributed by atoms with Crippen LogP contribution >= 0.6 is 0 Å². The summed E-state index contributed by atoms with van der Waals surface area (Å²) in [6.07, 6.45) is 10.2. The molecule has 4 fully saturated rings. The normalized spacial score (nSPS) is 31.5. The molecule has 2 bridgehead atoms. The molecule has 8 nitrogen and oxygen atoms in total. The van der Waals surface area contributed by atoms with Crippen molar-refractivity contribution in [3.8, 4) is 0 Å². The molecule has 6 atom stereocenters. The minimum absolute atomic E-state index is 0.0726. The van der Waals surface area contributed by atoms with E-state index in [4.69, 9.17) is 4.74 Å². The Labute approximate surface area is 244 Å². The van der Waals surface area contributed by atoms with Crippen LogP contribution in [0, 0.1) is 11.8 Å². The quantitative estimate of drug-likeness (QED) is 0.410. The first-order valence-electron chi connectivity index (χ1n) is 15.3. The van der Waals surface area contributed by atoms with Crippen molar-refractivity contribution in [3.05, 3.63) is 55.6 Å². The van der Waals surface area contributed by atoms with E-state index < -0.39 is 35.1 Å². The van der Waals surface area contributed by atoms with Gasteiger partial charge in [0.2, 0.25) is 17.7 Å². The van der Waals surface area contributed by atoms with E-state index in [2.05, 4.69) is 13.2 Å². The van der Waals surface area contributed by atoms with E-state index in [0.29, 0.717) is 32.4 Å². The number of aliphatic hydroxyl groups is 1. The lowest BCUT2D eigenvalue weighted by atomic mass is 9.64. The lowest BCUT2D eigenvalue weighted by molar-refractivity contribution is -0.157. The van der Waals surface area contributed by atoms with Gasteiger partial charge < -0.3 is 24.5 Å². The average Bonchev–Trinajstić information content (AvgIpc) is 3.62. The van der Waals surface area contributed by atoms with Gasteiger partial charge >= 0.3 is 0 Å². The van der Waals surface area contributed by atoms with Crippen molar-refractivity contribution < 1.29 is 24.2 Å². The fourth-order valence-electron chi connectivity index (χ4n) is 8.21. The summed E-state index contributed by atoms with van der Waals surface area (Å²) in [5, 5.41) is 10.3. The van der Waals surface area contributed by atoms with E-state index in [1.165, 1.54) is 0 Å². The van der Waals surface area contributed by atoms with Crippen molar-refractivity contribution in [1.29, 1.82) is 0 Å². The van der Waals surface area contributed by atoms with Crippen molar-refractivity contribution >= 4 is 23.4 Å². The third-order valence-electron chi connectivity index (χ3n) is 10.1. The van der Waals surface area contributed by atoms with Crippen molar-refractivity contribution in [1.82, 2.24) is 9.80 Å². The molecule has 1 aromatic carbocycles. The number of para-hydroxylation sites is 1. The number of hydrogen-bond acceptors (Lipinski definition) is 5. The average molecular weight is 564 g/mol. The highest BCUT2D eigenvalue weighted by atomic mass is 16.5. The van der Waals surface area contributed by atoms with Crippen LogP contribution in [-0.4, -0.2) is 81.7 Å². The highest BCUT2D eigenvalue weighted by Crippen LogP contribution is 2.65. The van der Waals surface area contributed by atoms with Crippen molar-refractivity contribution in [2.45, 2.75) is 94.5 Å². The standard InChI is InChI=1S/C33H45N3O5/c1-5-20-34(24-14-10-8-11-15-24)29(38)26-27-30(39)36(23(4)22-37)28(33(27)19-18-32(26,7-3)41-33)31(40)35(21-6-2)25-16-12-9-13-17-25/h5-6,8,10-11,14-15,23,25-28,37H,1-2,7,9,12-13,16-22H2,3-4H3/t23-,26+,27+,28?,32-,33?/m1/s1. The fourth-order valence-corrected chi connectivity index (χ4v) is 8.21. The van der Waals surface area contributed by atoms with E-state index in [1.807, 2.05) is 42.2 Å². The number of ether oxygens (including phenoxy) is 1. The minimum Gasteiger partial charge on any atom is -0.394 e. The van der Waals surface area contributed by atoms with Crippen LogP contribution in [0.5, 0.6) is 0 Å². The van der Waals surface area contributed by atoms with Gasteiger partial charge in [0.1, 0.15) is 11.6 Å². The van der Waals surface area contributed by atoms with Crippen LogP contribution in [0.4, 0.5) is 5.69 Å². The van der Waals surface area contributed by atoms with E-state index in [0.717, 1.165) is 37.8 Å². The summed E-state index contributed by atoms with van der Waals surface area (Å²) >= 11 is 0. The minimum atomic E-state index is -1.13. The molecule has 8 heteroatoms. The highest BCUT2D eigenvalue weighted by molar-refractivity contribution is 6.03. The molecule has 2 unspecified atom stereocenters. The van der Waals surface area contributed by atoms with Gasteiger partial charge in [-0.25, -0.2) is 0 Å². The first kappa shape index (κ1) is 29.5. The predicted molar refractivity (Wildman–Crippen MR) is 158 cm³/mol. The molecule has 3 amide bonds. The Balaban J connectivity index is 1.60. The summed E-state index contributed by atoms with van der Waals surface area (Å²) in [7, 11) is 0. The van der Waals surface area contributed by atoms with Crippen LogP contribution in [0.3, 0.4) is 0 Å². The Morgan fingerprint density at radius 2 is 1.78 bits per heavy atom. The van der Waals surface area contributed by atoms with Crippen LogP contribution in [0.25, 0.3) is 0 Å². The van der Waals surface area contributed by atoms with Crippen LogP contribution < -0.4 is 4.90 Å². The number of anilines is 1. The van der Waals surface area contributed by atoms with E-state index in [1.54, 1.807) is 28.9 Å². The molecule has 3 saturated heterocycles. The van der Waals surface area contributed by atoms with Gasteiger partial charge in [0, 0.05) is 24.8 Å². The number of rotatable bonds is 11. The molecule has 3 aliphatic heterocycles. The topological polar surface area (TPSA) is 90.4 Å². The number of benzene rings is 1. The van der Waals surface area contributed by atoms with Crippen LogP contribution in [-0.2, 0) is 19.1 Å². The summed E-state index contributed by atoms with van der Waals surface area (Å²) in [6.45, 7) is 12.0. The highest BCUT2D eigenvalue weighted by Gasteiger charge is 2.79. The smallest absolute Gasteiger partial charge is 0.248 e. The van der Waals surface area contributed by atoms with E-state index >= 15 is 0 Å². The molecule has 1 N–H and O–H groups in total. The van der Waals surface area contributed by atoms with Crippen LogP contribution in [0.2, 0.25) is 0 Å². The second-order valence-corrected chi connectivity index (χ2v) is 12.3. The van der Waals surface area contributed by atoms with Gasteiger partial charge in [0.05, 0.1) is 30.1 Å². The molecule has 1 aliphatic carbocycles. The van der Waals surface area contributed by atoms with Gasteiger partial charge in [-0.05, 0) is 51.2 Å². The third kappa shape index (κ3) is 4.63. The van der Waals surface area contributed by atoms with Crippen LogP contribution in [0.15, 0.2) is 55.6 Å². The summed E-state index contributed by atoms with van der Waals surface area (Å²) in [5.74, 6) is -2.16. The summed E-state index contributed by atoms with van der Waals surface area (Å²) in [4.78, 5) is 48.8. The lowest BCUT2D eigenvalue weighted by Gasteiger charge is -2.42. The number of likely N-dealkylation sites (tertiary alicyclic amines) is 1. The molecular formula is C33H45N3O5. The Hall–Kier alpha value is -2.97. The van der Waals surface area contributed by atoms with E-state index in [-0.39, 0.29) is 30.4 Å². The van der Waals surface area contributed by atoms with Gasteiger partial charge in [-0.1, -0.05) is 56.5 Å². The molecule has 1 spiro atoms. The molecule has 3 heterocycles. The Kier molecular flexibility index (Phi) is 8.44. The molecule has 0 aromatic heterocycles. The number of amides is 3. The molecule has 1 saturated carbocycles. The van der Waals surface area contributed by atoms with Gasteiger partial charge in [0.25, 0.3) is 0 Å². The van der Waals surface area contributed by atoms with Crippen molar-refractivity contribution in [2.75, 3.05) is 24.6 Å². The maximum atomic E-state index is 14.7. The number of nitrogens with zero attached hydrogens (tertiary/aromatic N) is 3. The Morgan fingerprint density at radius 1 is 1.10 bits per heavy atom. The maximum absolute atomic E-state index is 14.7. The largest absolute Gasteiger partial charge is 0.394 e. The number of aliphatic hydroxyl groups excluding tert-OH is 1. The number of fused-ring (bicyclic) bond motifs is 1. The zero-order valence-electron chi connectivity index (χ0n) is 24.5. The molecular weight excluding hydrogens is 518 g/mol. The summed E-state index contributed by atoms with van der Waals surface area (Å²) < 4.78 is 6.97. The fraction of sp³-hybridized carbons (Fsp3) is 0.606. The first-order valence-corrected chi connectivity index (χ1v) is 15.3. The zero-order valence-corrected chi connectivity index (χ0v) is 24.5. The van der Waals surface area contributed by atoms with Gasteiger partial charge in [-0.15, -0.1) is 13.2 Å². The summed E-state index contributed by atoms with van der Waals surface area (Å²) in [6, 6.07) is 7.99. The molecule has 41 heavy (non-hydrogen) atoms. The Morgan fingerprint density at radius 3 is 2.39 bits per heavy atom. The third-order valence-corrected chi connectivity index (χ3v) is 10.1.